The van der Waals surface area contributed by atoms with Crippen LogP contribution in [0.2, 0.25) is 0 Å². The smallest absolute Gasteiger partial charge is 0.159 e. The lowest BCUT2D eigenvalue weighted by Crippen LogP contribution is -2.05. The molecule has 0 amide bonds. The van der Waals surface area contributed by atoms with Crippen molar-refractivity contribution < 1.29 is 9.84 Å². The molecule has 0 aliphatic rings. The second-order valence-corrected chi connectivity index (χ2v) is 4.79. The van der Waals surface area contributed by atoms with Gasteiger partial charge in [-0.25, -0.2) is 9.97 Å². The zero-order chi connectivity index (χ0) is 15.1. The highest BCUT2D eigenvalue weighted by Crippen LogP contribution is 2.17. The van der Waals surface area contributed by atoms with Gasteiger partial charge in [0.2, 0.25) is 0 Å². The third kappa shape index (κ3) is 4.68. The Kier molecular flexibility index (Phi) is 5.46. The highest BCUT2D eigenvalue weighted by atomic mass is 16.5. The Labute approximate surface area is 125 Å². The molecule has 0 fully saturated rings. The Morgan fingerprint density at radius 3 is 2.48 bits per heavy atom. The molecule has 0 saturated carbocycles. The maximum atomic E-state index is 9.18. The van der Waals surface area contributed by atoms with Crippen LogP contribution in [-0.4, -0.2) is 27.8 Å². The first-order valence-electron chi connectivity index (χ1n) is 7.08. The number of benzene rings is 1. The topological polar surface area (TPSA) is 55.2 Å². The first-order valence-corrected chi connectivity index (χ1v) is 7.08. The van der Waals surface area contributed by atoms with Crippen molar-refractivity contribution in [3.8, 4) is 17.1 Å². The Bertz CT molecular complexity index is 577. The molecule has 1 atom stereocenters. The van der Waals surface area contributed by atoms with Crippen LogP contribution in [0.3, 0.4) is 0 Å². The van der Waals surface area contributed by atoms with Gasteiger partial charge in [0, 0.05) is 12.2 Å². The van der Waals surface area contributed by atoms with Crippen molar-refractivity contribution in [2.75, 3.05) is 6.61 Å². The molecule has 0 spiro atoms. The molecular weight excluding hydrogens is 264 g/mol. The number of aromatic nitrogens is 2. The van der Waals surface area contributed by atoms with Crippen LogP contribution in [0.1, 0.15) is 25.8 Å². The van der Waals surface area contributed by atoms with E-state index >= 15 is 0 Å². The normalized spacial score (nSPS) is 12.7. The van der Waals surface area contributed by atoms with E-state index < -0.39 is 0 Å². The van der Waals surface area contributed by atoms with Crippen LogP contribution in [0.5, 0.6) is 5.75 Å². The summed E-state index contributed by atoms with van der Waals surface area (Å²) in [5, 5.41) is 9.18. The van der Waals surface area contributed by atoms with Crippen molar-refractivity contribution >= 4 is 6.08 Å². The summed E-state index contributed by atoms with van der Waals surface area (Å²) in [7, 11) is 0. The predicted octanol–water partition coefficient (Wildman–Crippen LogP) is 3.68. The van der Waals surface area contributed by atoms with Gasteiger partial charge >= 0.3 is 0 Å². The summed E-state index contributed by atoms with van der Waals surface area (Å²) < 4.78 is 5.48. The van der Waals surface area contributed by atoms with Gasteiger partial charge < -0.3 is 9.84 Å². The van der Waals surface area contributed by atoms with E-state index in [1.54, 1.807) is 0 Å². The first kappa shape index (κ1) is 15.2. The predicted molar refractivity (Wildman–Crippen MR) is 83.9 cm³/mol. The molecule has 0 radical (unpaired) electrons. The van der Waals surface area contributed by atoms with Gasteiger partial charge in [-0.2, -0.15) is 0 Å². The maximum absolute atomic E-state index is 9.18. The van der Waals surface area contributed by atoms with Crippen LogP contribution in [0.4, 0.5) is 0 Å². The minimum absolute atomic E-state index is 0.0710. The average Bonchev–Trinajstić information content (AvgIpc) is 2.49. The van der Waals surface area contributed by atoms with Gasteiger partial charge in [0.25, 0.3) is 0 Å². The second kappa shape index (κ2) is 7.55. The molecule has 1 aromatic carbocycles. The van der Waals surface area contributed by atoms with Gasteiger partial charge in [-0.05, 0) is 25.8 Å². The molecular formula is C17H20N2O2. The lowest BCUT2D eigenvalue weighted by Gasteiger charge is -2.07. The number of hydrogen-bond acceptors (Lipinski definition) is 4. The lowest BCUT2D eigenvalue weighted by atomic mass is 10.1. The fourth-order valence-electron chi connectivity index (χ4n) is 1.96. The largest absolute Gasteiger partial charge is 0.505 e. The van der Waals surface area contributed by atoms with Crippen LogP contribution in [0.15, 0.2) is 42.7 Å². The van der Waals surface area contributed by atoms with Crippen LogP contribution in [-0.2, 0) is 4.74 Å². The van der Waals surface area contributed by atoms with Crippen LogP contribution in [0, 0.1) is 0 Å². The number of aromatic hydroxyl groups is 1. The van der Waals surface area contributed by atoms with Gasteiger partial charge in [0.05, 0.1) is 18.5 Å². The summed E-state index contributed by atoms with van der Waals surface area (Å²) in [6.45, 7) is 4.82. The van der Waals surface area contributed by atoms with E-state index in [1.165, 1.54) is 12.4 Å². The molecule has 0 saturated heterocycles. The van der Waals surface area contributed by atoms with E-state index in [0.29, 0.717) is 5.82 Å². The Hall–Kier alpha value is -2.20. The number of rotatable bonds is 6. The van der Waals surface area contributed by atoms with Crippen molar-refractivity contribution in [3.05, 3.63) is 48.3 Å². The van der Waals surface area contributed by atoms with Crippen molar-refractivity contribution in [1.82, 2.24) is 9.97 Å². The Morgan fingerprint density at radius 1 is 1.19 bits per heavy atom. The highest BCUT2D eigenvalue weighted by Gasteiger charge is 2.01. The highest BCUT2D eigenvalue weighted by molar-refractivity contribution is 5.59. The number of nitrogens with zero attached hydrogens (tertiary/aromatic N) is 2. The molecule has 1 unspecified atom stereocenters. The van der Waals surface area contributed by atoms with Crippen LogP contribution in [0.25, 0.3) is 17.5 Å². The zero-order valence-electron chi connectivity index (χ0n) is 12.4. The van der Waals surface area contributed by atoms with Gasteiger partial charge in [-0.15, -0.1) is 0 Å². The van der Waals surface area contributed by atoms with Gasteiger partial charge in [-0.1, -0.05) is 36.4 Å². The van der Waals surface area contributed by atoms with Crippen molar-refractivity contribution in [2.45, 2.75) is 26.4 Å². The fraction of sp³-hybridized carbons (Fsp3) is 0.294. The van der Waals surface area contributed by atoms with E-state index in [0.717, 1.165) is 24.2 Å². The summed E-state index contributed by atoms with van der Waals surface area (Å²) in [6, 6.07) is 7.98. The average molecular weight is 284 g/mol. The van der Waals surface area contributed by atoms with Gasteiger partial charge in [0.1, 0.15) is 0 Å². The lowest BCUT2D eigenvalue weighted by molar-refractivity contribution is 0.0788. The molecule has 4 nitrogen and oxygen atoms in total. The number of ether oxygens (including phenoxy) is 1. The van der Waals surface area contributed by atoms with Crippen molar-refractivity contribution in [3.63, 3.8) is 0 Å². The van der Waals surface area contributed by atoms with E-state index in [4.69, 9.17) is 4.74 Å². The third-order valence-electron chi connectivity index (χ3n) is 3.04. The summed E-state index contributed by atoms with van der Waals surface area (Å²) in [5.74, 6) is 0.676. The second-order valence-electron chi connectivity index (χ2n) is 4.79. The minimum Gasteiger partial charge on any atom is -0.505 e. The molecule has 0 bridgehead atoms. The monoisotopic (exact) mass is 284 g/mol. The third-order valence-corrected chi connectivity index (χ3v) is 3.04. The Morgan fingerprint density at radius 2 is 1.86 bits per heavy atom. The van der Waals surface area contributed by atoms with Crippen LogP contribution >= 0.6 is 0 Å². The van der Waals surface area contributed by atoms with Gasteiger partial charge in [-0.3, -0.25) is 0 Å². The van der Waals surface area contributed by atoms with E-state index in [1.807, 2.05) is 31.2 Å². The van der Waals surface area contributed by atoms with E-state index in [9.17, 15) is 5.11 Å². The maximum Gasteiger partial charge on any atom is 0.159 e. The number of hydrogen-bond donors (Lipinski definition) is 1. The molecule has 4 heteroatoms. The summed E-state index contributed by atoms with van der Waals surface area (Å²) in [5.41, 5.74) is 2.05. The zero-order valence-corrected chi connectivity index (χ0v) is 12.4. The van der Waals surface area contributed by atoms with Gasteiger partial charge in [0.15, 0.2) is 11.6 Å². The minimum atomic E-state index is 0.0710. The van der Waals surface area contributed by atoms with Crippen LogP contribution < -0.4 is 0 Å². The molecule has 1 heterocycles. The molecule has 2 aromatic rings. The summed E-state index contributed by atoms with van der Waals surface area (Å²) in [4.78, 5) is 8.18. The Balaban J connectivity index is 1.99. The fourth-order valence-corrected chi connectivity index (χ4v) is 1.96. The molecule has 21 heavy (non-hydrogen) atoms. The summed E-state index contributed by atoms with van der Waals surface area (Å²) in [6.07, 6.45) is 8.13. The molecule has 1 aromatic heterocycles. The van der Waals surface area contributed by atoms with E-state index in [-0.39, 0.29) is 11.9 Å². The van der Waals surface area contributed by atoms with Crippen molar-refractivity contribution in [2.24, 2.45) is 0 Å². The molecule has 0 aliphatic carbocycles. The van der Waals surface area contributed by atoms with E-state index in [2.05, 4.69) is 29.0 Å². The molecule has 110 valence electrons. The quantitative estimate of drug-likeness (QED) is 0.879. The summed E-state index contributed by atoms with van der Waals surface area (Å²) >= 11 is 0. The molecule has 0 aliphatic heterocycles. The molecule has 2 rings (SSSR count). The van der Waals surface area contributed by atoms with Crippen molar-refractivity contribution in [1.29, 1.82) is 0 Å². The SMILES string of the molecule is CCOC(C)C/C=C/c1ccc(-c2ncc(O)cn2)cc1. The standard InChI is InChI=1S/C17H20N2O2/c1-3-21-13(2)5-4-6-14-7-9-15(10-8-14)17-18-11-16(20)12-19-17/h4,6-13,20H,3,5H2,1-2H3/b6-4+. The molecule has 1 N–H and O–H groups in total. The first-order chi connectivity index (χ1) is 10.2.